The molecule has 0 saturated heterocycles. The van der Waals surface area contributed by atoms with E-state index in [0.717, 1.165) is 22.2 Å². The fourth-order valence-electron chi connectivity index (χ4n) is 2.39. The van der Waals surface area contributed by atoms with E-state index in [9.17, 15) is 9.59 Å². The third-order valence-corrected chi connectivity index (χ3v) is 3.48. The van der Waals surface area contributed by atoms with Crippen LogP contribution >= 0.6 is 11.6 Å². The number of hydrogen-bond acceptors (Lipinski definition) is 3. The van der Waals surface area contributed by atoms with Gasteiger partial charge in [0.25, 0.3) is 6.47 Å². The maximum atomic E-state index is 11.0. The van der Waals surface area contributed by atoms with Crippen molar-refractivity contribution in [2.45, 2.75) is 33.7 Å². The highest BCUT2D eigenvalue weighted by atomic mass is 35.5. The Morgan fingerprint density at radius 1 is 1.41 bits per heavy atom. The molecule has 1 aromatic heterocycles. The molecule has 5 nitrogen and oxygen atoms in total. The standard InChI is InChI=1S/C14H14ClNO4.C2H6/c1-9-11(4-5-20-8-17)12-6-10(15)2-3-13(12)16(9)7-14(18)19;1-2/h2-3,6,8H,4-5,7H2,1H3,(H,18,19);1-2H3. The third kappa shape index (κ3) is 4.01. The minimum Gasteiger partial charge on any atom is -0.480 e. The topological polar surface area (TPSA) is 68.5 Å². The number of halogens is 1. The Morgan fingerprint density at radius 3 is 2.68 bits per heavy atom. The molecule has 1 N–H and O–H groups in total. The Kier molecular flexibility index (Phi) is 6.92. The molecule has 0 bridgehead atoms. The number of ether oxygens (including phenoxy) is 1. The van der Waals surface area contributed by atoms with Crippen LogP contribution in [0.25, 0.3) is 10.9 Å². The van der Waals surface area contributed by atoms with Gasteiger partial charge in [-0.3, -0.25) is 9.59 Å². The van der Waals surface area contributed by atoms with Crippen molar-refractivity contribution < 1.29 is 19.4 Å². The third-order valence-electron chi connectivity index (χ3n) is 3.25. The van der Waals surface area contributed by atoms with Crippen LogP contribution in [0.1, 0.15) is 25.1 Å². The average Bonchev–Trinajstić information content (AvgIpc) is 2.74. The lowest BCUT2D eigenvalue weighted by Gasteiger charge is -2.05. The van der Waals surface area contributed by atoms with Crippen LogP contribution in [0.4, 0.5) is 0 Å². The van der Waals surface area contributed by atoms with Gasteiger partial charge in [-0.1, -0.05) is 25.4 Å². The maximum Gasteiger partial charge on any atom is 0.323 e. The molecule has 120 valence electrons. The second-order valence-corrected chi connectivity index (χ2v) is 4.86. The second kappa shape index (κ2) is 8.44. The lowest BCUT2D eigenvalue weighted by molar-refractivity contribution is -0.137. The lowest BCUT2D eigenvalue weighted by Crippen LogP contribution is -2.10. The van der Waals surface area contributed by atoms with Crippen LogP contribution in [0.3, 0.4) is 0 Å². The van der Waals surface area contributed by atoms with Crippen molar-refractivity contribution in [1.82, 2.24) is 4.57 Å². The molecule has 0 atom stereocenters. The molecular weight excluding hydrogens is 306 g/mol. The van der Waals surface area contributed by atoms with Crippen molar-refractivity contribution in [2.24, 2.45) is 0 Å². The van der Waals surface area contributed by atoms with Crippen LogP contribution < -0.4 is 0 Å². The average molecular weight is 326 g/mol. The predicted octanol–water partition coefficient (Wildman–Crippen LogP) is 3.43. The first-order valence-corrected chi connectivity index (χ1v) is 7.46. The van der Waals surface area contributed by atoms with E-state index in [1.165, 1.54) is 0 Å². The molecule has 0 aliphatic rings. The van der Waals surface area contributed by atoms with E-state index in [-0.39, 0.29) is 13.2 Å². The van der Waals surface area contributed by atoms with Gasteiger partial charge in [-0.15, -0.1) is 0 Å². The van der Waals surface area contributed by atoms with E-state index >= 15 is 0 Å². The van der Waals surface area contributed by atoms with Gasteiger partial charge in [0.1, 0.15) is 6.54 Å². The maximum absolute atomic E-state index is 11.0. The number of aliphatic carboxylic acids is 1. The van der Waals surface area contributed by atoms with E-state index in [4.69, 9.17) is 21.4 Å². The molecule has 0 aliphatic carbocycles. The Morgan fingerprint density at radius 2 is 2.09 bits per heavy atom. The first-order chi connectivity index (χ1) is 10.5. The number of hydrogen-bond donors (Lipinski definition) is 1. The van der Waals surface area contributed by atoms with Crippen LogP contribution in [-0.4, -0.2) is 28.7 Å². The summed E-state index contributed by atoms with van der Waals surface area (Å²) in [5.74, 6) is -0.907. The van der Waals surface area contributed by atoms with Gasteiger partial charge >= 0.3 is 5.97 Å². The summed E-state index contributed by atoms with van der Waals surface area (Å²) in [5, 5.41) is 10.5. The van der Waals surface area contributed by atoms with Crippen molar-refractivity contribution in [1.29, 1.82) is 0 Å². The minimum atomic E-state index is -0.907. The Bertz CT molecular complexity index is 664. The lowest BCUT2D eigenvalue weighted by atomic mass is 10.1. The summed E-state index contributed by atoms with van der Waals surface area (Å²) in [7, 11) is 0. The number of fused-ring (bicyclic) bond motifs is 1. The summed E-state index contributed by atoms with van der Waals surface area (Å²) < 4.78 is 6.45. The van der Waals surface area contributed by atoms with Gasteiger partial charge < -0.3 is 14.4 Å². The van der Waals surface area contributed by atoms with Gasteiger partial charge in [-0.25, -0.2) is 0 Å². The van der Waals surface area contributed by atoms with Gasteiger partial charge in [0.05, 0.1) is 6.61 Å². The molecule has 0 spiro atoms. The van der Waals surface area contributed by atoms with Crippen molar-refractivity contribution in [2.75, 3.05) is 6.61 Å². The van der Waals surface area contributed by atoms with Gasteiger partial charge in [-0.05, 0) is 30.7 Å². The number of carbonyl (C=O) groups excluding carboxylic acids is 1. The number of carboxylic acid groups (broad SMARTS) is 1. The van der Waals surface area contributed by atoms with Crippen LogP contribution in [0.2, 0.25) is 5.02 Å². The van der Waals surface area contributed by atoms with Crippen LogP contribution in [0.5, 0.6) is 0 Å². The van der Waals surface area contributed by atoms with Crippen LogP contribution in [-0.2, 0) is 27.3 Å². The van der Waals surface area contributed by atoms with Crippen LogP contribution in [0, 0.1) is 6.92 Å². The molecule has 22 heavy (non-hydrogen) atoms. The number of carbonyl (C=O) groups is 2. The number of nitrogens with zero attached hydrogens (tertiary/aromatic N) is 1. The van der Waals surface area contributed by atoms with Crippen molar-refractivity contribution in [3.63, 3.8) is 0 Å². The highest BCUT2D eigenvalue weighted by molar-refractivity contribution is 6.31. The zero-order chi connectivity index (χ0) is 16.7. The second-order valence-electron chi connectivity index (χ2n) is 4.42. The molecule has 0 radical (unpaired) electrons. The number of benzene rings is 1. The highest BCUT2D eigenvalue weighted by Gasteiger charge is 2.16. The van der Waals surface area contributed by atoms with Crippen LogP contribution in [0.15, 0.2) is 18.2 Å². The van der Waals surface area contributed by atoms with Gasteiger partial charge in [0.15, 0.2) is 0 Å². The Balaban J connectivity index is 0.00000116. The minimum absolute atomic E-state index is 0.113. The summed E-state index contributed by atoms with van der Waals surface area (Å²) in [5.41, 5.74) is 2.61. The fraction of sp³-hybridized carbons (Fsp3) is 0.375. The number of rotatable bonds is 6. The summed E-state index contributed by atoms with van der Waals surface area (Å²) in [6.07, 6.45) is 0.522. The van der Waals surface area contributed by atoms with E-state index in [0.29, 0.717) is 17.9 Å². The molecule has 0 amide bonds. The predicted molar refractivity (Wildman–Crippen MR) is 86.4 cm³/mol. The molecule has 0 unspecified atom stereocenters. The zero-order valence-corrected chi connectivity index (χ0v) is 13.7. The molecule has 6 heteroatoms. The highest BCUT2D eigenvalue weighted by Crippen LogP contribution is 2.29. The Hall–Kier alpha value is -2.01. The molecule has 2 aromatic rings. The summed E-state index contributed by atoms with van der Waals surface area (Å²) in [4.78, 5) is 21.2. The molecular formula is C16H20ClNO4. The normalized spacial score (nSPS) is 10.0. The summed E-state index contributed by atoms with van der Waals surface area (Å²) in [6, 6.07) is 5.34. The molecule has 1 aromatic carbocycles. The molecule has 0 aliphatic heterocycles. The number of carboxylic acids is 1. The quantitative estimate of drug-likeness (QED) is 0.652. The molecule has 1 heterocycles. The molecule has 0 fully saturated rings. The zero-order valence-electron chi connectivity index (χ0n) is 12.9. The van der Waals surface area contributed by atoms with Gasteiger partial charge in [-0.2, -0.15) is 0 Å². The fourth-order valence-corrected chi connectivity index (χ4v) is 2.56. The van der Waals surface area contributed by atoms with E-state index in [1.807, 2.05) is 20.8 Å². The summed E-state index contributed by atoms with van der Waals surface area (Å²) >= 11 is 6.01. The molecule has 2 rings (SSSR count). The summed E-state index contributed by atoms with van der Waals surface area (Å²) in [6.45, 7) is 6.40. The van der Waals surface area contributed by atoms with E-state index in [2.05, 4.69) is 0 Å². The smallest absolute Gasteiger partial charge is 0.323 e. The molecule has 0 saturated carbocycles. The largest absolute Gasteiger partial charge is 0.480 e. The van der Waals surface area contributed by atoms with Gasteiger partial charge in [0.2, 0.25) is 0 Å². The van der Waals surface area contributed by atoms with E-state index in [1.54, 1.807) is 22.8 Å². The monoisotopic (exact) mass is 325 g/mol. The Labute approximate surface area is 134 Å². The number of aromatic nitrogens is 1. The van der Waals surface area contributed by atoms with E-state index < -0.39 is 5.97 Å². The van der Waals surface area contributed by atoms with Crippen molar-refractivity contribution >= 4 is 34.9 Å². The van der Waals surface area contributed by atoms with Crippen molar-refractivity contribution in [3.05, 3.63) is 34.5 Å². The first-order valence-electron chi connectivity index (χ1n) is 7.09. The SMILES string of the molecule is CC.Cc1c(CCOC=O)c2cc(Cl)ccc2n1CC(=O)O. The van der Waals surface area contributed by atoms with Crippen molar-refractivity contribution in [3.8, 4) is 0 Å². The first kappa shape index (κ1) is 18.0. The van der Waals surface area contributed by atoms with Gasteiger partial charge in [0, 0.05) is 28.0 Å².